The summed E-state index contributed by atoms with van der Waals surface area (Å²) >= 11 is 0. The molecule has 170 valence electrons. The van der Waals surface area contributed by atoms with Gasteiger partial charge in [-0.05, 0) is 49.0 Å². The summed E-state index contributed by atoms with van der Waals surface area (Å²) in [5.41, 5.74) is 1.37. The van der Waals surface area contributed by atoms with Gasteiger partial charge in [-0.25, -0.2) is 4.39 Å². The van der Waals surface area contributed by atoms with Crippen molar-refractivity contribution in [2.75, 3.05) is 44.2 Å². The maximum atomic E-state index is 14.5. The summed E-state index contributed by atoms with van der Waals surface area (Å²) in [5.74, 6) is 0.373. The highest BCUT2D eigenvalue weighted by Crippen LogP contribution is 2.30. The Hall–Kier alpha value is -3.45. The van der Waals surface area contributed by atoms with Crippen molar-refractivity contribution in [1.82, 2.24) is 14.9 Å². The number of aromatic amines is 1. The molecular weight excluding hydrogens is 419 g/mol. The molecule has 6 nitrogen and oxygen atoms in total. The van der Waals surface area contributed by atoms with E-state index < -0.39 is 0 Å². The second kappa shape index (κ2) is 9.58. The van der Waals surface area contributed by atoms with Crippen LogP contribution in [-0.4, -0.2) is 54.2 Å². The number of nitrogens with zero attached hydrogens (tertiary/aromatic N) is 3. The average Bonchev–Trinajstić information content (AvgIpc) is 2.84. The van der Waals surface area contributed by atoms with Crippen LogP contribution in [0.15, 0.2) is 65.5 Å². The van der Waals surface area contributed by atoms with E-state index in [1.54, 1.807) is 12.1 Å². The van der Waals surface area contributed by atoms with Gasteiger partial charge in [-0.2, -0.15) is 4.98 Å². The molecule has 2 aromatic carbocycles. The van der Waals surface area contributed by atoms with Crippen LogP contribution in [0.2, 0.25) is 0 Å². The zero-order chi connectivity index (χ0) is 22.6. The third kappa shape index (κ3) is 4.83. The molecule has 1 aliphatic rings. The summed E-state index contributed by atoms with van der Waals surface area (Å²) in [7, 11) is 0. The van der Waals surface area contributed by atoms with E-state index in [1.807, 2.05) is 36.4 Å². The summed E-state index contributed by atoms with van der Waals surface area (Å²) in [6.45, 7) is 5.31. The molecule has 1 saturated heterocycles. The lowest BCUT2D eigenvalue weighted by Crippen LogP contribution is -2.46. The van der Waals surface area contributed by atoms with Gasteiger partial charge in [0.05, 0.1) is 6.61 Å². The Balaban J connectivity index is 1.08. The molecule has 3 heterocycles. The predicted octanol–water partition coefficient (Wildman–Crippen LogP) is 4.20. The number of benzene rings is 2. The van der Waals surface area contributed by atoms with Gasteiger partial charge in [0.15, 0.2) is 0 Å². The number of fused-ring (bicyclic) bond motifs is 2. The van der Waals surface area contributed by atoms with Crippen LogP contribution < -0.4 is 15.2 Å². The molecule has 33 heavy (non-hydrogen) atoms. The molecule has 0 radical (unpaired) electrons. The minimum Gasteiger partial charge on any atom is -0.478 e. The van der Waals surface area contributed by atoms with Gasteiger partial charge in [-0.15, -0.1) is 0 Å². The van der Waals surface area contributed by atoms with Crippen LogP contribution in [-0.2, 0) is 0 Å². The van der Waals surface area contributed by atoms with Crippen molar-refractivity contribution < 1.29 is 9.13 Å². The van der Waals surface area contributed by atoms with Crippen molar-refractivity contribution in [2.24, 2.45) is 0 Å². The molecule has 4 aromatic rings. The first-order chi connectivity index (χ1) is 16.2. The van der Waals surface area contributed by atoms with Crippen LogP contribution in [0.25, 0.3) is 21.8 Å². The highest BCUT2D eigenvalue weighted by atomic mass is 19.1. The monoisotopic (exact) mass is 446 g/mol. The molecule has 0 saturated carbocycles. The van der Waals surface area contributed by atoms with Gasteiger partial charge in [0.25, 0.3) is 0 Å². The van der Waals surface area contributed by atoms with E-state index in [-0.39, 0.29) is 11.4 Å². The Morgan fingerprint density at radius 1 is 0.909 bits per heavy atom. The molecule has 0 bridgehead atoms. The largest absolute Gasteiger partial charge is 0.478 e. The van der Waals surface area contributed by atoms with Crippen LogP contribution in [0.5, 0.6) is 5.88 Å². The molecule has 0 aliphatic carbocycles. The van der Waals surface area contributed by atoms with Gasteiger partial charge in [0.1, 0.15) is 11.5 Å². The lowest BCUT2D eigenvalue weighted by atomic mass is 10.1. The number of piperazine rings is 1. The zero-order valence-electron chi connectivity index (χ0n) is 18.5. The molecule has 2 aromatic heterocycles. The Labute approximate surface area is 191 Å². The first-order valence-corrected chi connectivity index (χ1v) is 11.4. The summed E-state index contributed by atoms with van der Waals surface area (Å²) < 4.78 is 20.2. The first-order valence-electron chi connectivity index (χ1n) is 11.4. The van der Waals surface area contributed by atoms with E-state index in [0.29, 0.717) is 18.1 Å². The fourth-order valence-electron chi connectivity index (χ4n) is 4.46. The molecule has 1 N–H and O–H groups in total. The third-order valence-corrected chi connectivity index (χ3v) is 6.22. The van der Waals surface area contributed by atoms with E-state index >= 15 is 0 Å². The molecule has 7 heteroatoms. The van der Waals surface area contributed by atoms with Gasteiger partial charge in [0.2, 0.25) is 11.4 Å². The zero-order valence-corrected chi connectivity index (χ0v) is 18.5. The number of rotatable bonds is 7. The minimum absolute atomic E-state index is 0.155. The summed E-state index contributed by atoms with van der Waals surface area (Å²) in [4.78, 5) is 23.3. The van der Waals surface area contributed by atoms with Gasteiger partial charge in [-0.1, -0.05) is 24.3 Å². The predicted molar refractivity (Wildman–Crippen MR) is 130 cm³/mol. The Bertz CT molecular complexity index is 1310. The highest BCUT2D eigenvalue weighted by Gasteiger charge is 2.19. The highest BCUT2D eigenvalue weighted by molar-refractivity contribution is 5.94. The van der Waals surface area contributed by atoms with Crippen LogP contribution in [0.4, 0.5) is 10.1 Å². The van der Waals surface area contributed by atoms with E-state index in [0.717, 1.165) is 67.4 Å². The van der Waals surface area contributed by atoms with Crippen LogP contribution in [0.3, 0.4) is 0 Å². The normalized spacial score (nSPS) is 14.8. The number of hydrogen-bond acceptors (Lipinski definition) is 5. The number of nitrogens with one attached hydrogen (secondary N) is 1. The standard InChI is InChI=1S/C26H27FN4O2/c27-21-7-3-5-19-6-4-8-22(25(19)21)31-16-14-30(15-17-31)13-1-2-18-33-24-12-10-20-9-11-23(32)28-26(20)29-24/h3-12H,1-2,13-18H2,(H,28,29,32). The van der Waals surface area contributed by atoms with Gasteiger partial charge in [0, 0.05) is 54.8 Å². The second-order valence-corrected chi connectivity index (χ2v) is 8.41. The summed E-state index contributed by atoms with van der Waals surface area (Å²) in [5, 5.41) is 2.55. The Morgan fingerprint density at radius 3 is 2.55 bits per heavy atom. The van der Waals surface area contributed by atoms with Crippen molar-refractivity contribution in [3.63, 3.8) is 0 Å². The van der Waals surface area contributed by atoms with Gasteiger partial charge >= 0.3 is 0 Å². The Kier molecular flexibility index (Phi) is 6.21. The van der Waals surface area contributed by atoms with Crippen molar-refractivity contribution in [2.45, 2.75) is 12.8 Å². The lowest BCUT2D eigenvalue weighted by Gasteiger charge is -2.36. The number of H-pyrrole nitrogens is 1. The smallest absolute Gasteiger partial charge is 0.249 e. The minimum atomic E-state index is -0.169. The Morgan fingerprint density at radius 2 is 1.70 bits per heavy atom. The number of pyridine rings is 2. The quantitative estimate of drug-likeness (QED) is 0.431. The topological polar surface area (TPSA) is 61.5 Å². The molecule has 0 amide bonds. The number of unbranched alkanes of at least 4 members (excludes halogenated alkanes) is 1. The summed E-state index contributed by atoms with van der Waals surface area (Å²) in [6.07, 6.45) is 1.97. The first kappa shape index (κ1) is 21.4. The maximum Gasteiger partial charge on any atom is 0.249 e. The number of aromatic nitrogens is 2. The van der Waals surface area contributed by atoms with Crippen LogP contribution in [0.1, 0.15) is 12.8 Å². The number of anilines is 1. The van der Waals surface area contributed by atoms with Crippen molar-refractivity contribution in [3.05, 3.63) is 76.8 Å². The fraction of sp³-hybridized carbons (Fsp3) is 0.308. The number of ether oxygens (including phenoxy) is 1. The average molecular weight is 447 g/mol. The van der Waals surface area contributed by atoms with Gasteiger partial charge in [-0.3, -0.25) is 9.69 Å². The second-order valence-electron chi connectivity index (χ2n) is 8.41. The van der Waals surface area contributed by atoms with Crippen LogP contribution in [0, 0.1) is 5.82 Å². The molecule has 5 rings (SSSR count). The lowest BCUT2D eigenvalue weighted by molar-refractivity contribution is 0.237. The molecule has 1 aliphatic heterocycles. The molecule has 0 atom stereocenters. The van der Waals surface area contributed by atoms with Crippen molar-refractivity contribution >= 4 is 27.5 Å². The molecule has 0 unspecified atom stereocenters. The number of halogens is 1. The third-order valence-electron chi connectivity index (χ3n) is 6.22. The summed E-state index contributed by atoms with van der Waals surface area (Å²) in [6, 6.07) is 18.2. The van der Waals surface area contributed by atoms with Crippen molar-refractivity contribution in [3.8, 4) is 5.88 Å². The van der Waals surface area contributed by atoms with E-state index in [2.05, 4.69) is 19.8 Å². The molecule has 0 spiro atoms. The van der Waals surface area contributed by atoms with E-state index in [9.17, 15) is 9.18 Å². The maximum absolute atomic E-state index is 14.5. The van der Waals surface area contributed by atoms with E-state index in [4.69, 9.17) is 4.74 Å². The SMILES string of the molecule is O=c1ccc2ccc(OCCCCN3CCN(c4cccc5cccc(F)c45)CC3)nc2[nH]1. The van der Waals surface area contributed by atoms with Gasteiger partial charge < -0.3 is 14.6 Å². The number of hydrogen-bond donors (Lipinski definition) is 1. The van der Waals surface area contributed by atoms with E-state index in [1.165, 1.54) is 12.1 Å². The van der Waals surface area contributed by atoms with Crippen molar-refractivity contribution in [1.29, 1.82) is 0 Å². The molecule has 1 fully saturated rings. The fourth-order valence-corrected chi connectivity index (χ4v) is 4.46. The molecular formula is C26H27FN4O2. The van der Waals surface area contributed by atoms with Crippen LogP contribution >= 0.6 is 0 Å².